The fraction of sp³-hybridized carbons (Fsp3) is 0.105. The molecule has 0 spiro atoms. The molecule has 0 saturated carbocycles. The van der Waals surface area contributed by atoms with Crippen molar-refractivity contribution in [1.82, 2.24) is 10.2 Å². The van der Waals surface area contributed by atoms with E-state index in [1.165, 1.54) is 0 Å². The van der Waals surface area contributed by atoms with E-state index in [4.69, 9.17) is 0 Å². The molecule has 0 radical (unpaired) electrons. The van der Waals surface area contributed by atoms with Gasteiger partial charge < -0.3 is 5.32 Å². The average molecular weight is 388 g/mol. The van der Waals surface area contributed by atoms with E-state index in [9.17, 15) is 23.2 Å². The molecule has 0 aromatic heterocycles. The Morgan fingerprint density at radius 1 is 1.04 bits per heavy atom. The Kier molecular flexibility index (Phi) is 5.66. The number of carbonyl (C=O) groups excluding carboxylic acids is 3. The highest BCUT2D eigenvalue weighted by atomic mass is 32.2. The van der Waals surface area contributed by atoms with E-state index in [-0.39, 0.29) is 18.0 Å². The molecule has 1 fully saturated rings. The van der Waals surface area contributed by atoms with Gasteiger partial charge in [-0.15, -0.1) is 0 Å². The molecule has 3 rings (SSSR count). The van der Waals surface area contributed by atoms with Crippen LogP contribution in [0.2, 0.25) is 0 Å². The zero-order chi connectivity index (χ0) is 19.4. The highest BCUT2D eigenvalue weighted by Crippen LogP contribution is 2.31. The average Bonchev–Trinajstić information content (AvgIpc) is 2.90. The molecule has 5 nitrogen and oxygen atoms in total. The molecular weight excluding hydrogens is 374 g/mol. The van der Waals surface area contributed by atoms with Crippen LogP contribution in [0.15, 0.2) is 53.4 Å². The molecule has 0 bridgehead atoms. The predicted molar refractivity (Wildman–Crippen MR) is 97.8 cm³/mol. The first-order valence-electron chi connectivity index (χ1n) is 8.00. The first-order valence-corrected chi connectivity index (χ1v) is 8.81. The van der Waals surface area contributed by atoms with E-state index in [1.54, 1.807) is 18.2 Å². The number of hydrogen-bond donors (Lipinski definition) is 1. The van der Waals surface area contributed by atoms with Crippen LogP contribution in [-0.4, -0.2) is 35.0 Å². The van der Waals surface area contributed by atoms with Crippen molar-refractivity contribution in [3.8, 4) is 0 Å². The van der Waals surface area contributed by atoms with Crippen LogP contribution in [-0.2, 0) is 4.79 Å². The summed E-state index contributed by atoms with van der Waals surface area (Å²) in [4.78, 5) is 37.6. The van der Waals surface area contributed by atoms with Gasteiger partial charge in [0.15, 0.2) is 0 Å². The number of carbonyl (C=O) groups is 3. The number of nitrogens with zero attached hydrogens (tertiary/aromatic N) is 1. The molecule has 27 heavy (non-hydrogen) atoms. The maximum absolute atomic E-state index is 13.6. The number of amides is 3. The third-order valence-electron chi connectivity index (χ3n) is 3.78. The molecule has 138 valence electrons. The van der Waals surface area contributed by atoms with Crippen LogP contribution < -0.4 is 5.32 Å². The SMILES string of the molecule is O=C(NCCN1C(=O)S/C(=C/c2ccccc2)C1=O)c1c(F)cccc1F. The van der Waals surface area contributed by atoms with Crippen LogP contribution in [0.5, 0.6) is 0 Å². The van der Waals surface area contributed by atoms with Crippen molar-refractivity contribution < 1.29 is 23.2 Å². The fourth-order valence-corrected chi connectivity index (χ4v) is 3.34. The number of halogens is 2. The molecule has 3 amide bonds. The molecular formula is C19H14F2N2O3S. The molecule has 1 N–H and O–H groups in total. The molecule has 0 unspecified atom stereocenters. The van der Waals surface area contributed by atoms with E-state index in [0.29, 0.717) is 0 Å². The summed E-state index contributed by atoms with van der Waals surface area (Å²) in [6, 6.07) is 12.2. The summed E-state index contributed by atoms with van der Waals surface area (Å²) in [5, 5.41) is 1.86. The van der Waals surface area contributed by atoms with Crippen molar-refractivity contribution in [3.63, 3.8) is 0 Å². The summed E-state index contributed by atoms with van der Waals surface area (Å²) in [5.74, 6) is -3.38. The monoisotopic (exact) mass is 388 g/mol. The van der Waals surface area contributed by atoms with Crippen LogP contribution in [0.1, 0.15) is 15.9 Å². The van der Waals surface area contributed by atoms with Gasteiger partial charge in [-0.05, 0) is 35.5 Å². The predicted octanol–water partition coefficient (Wildman–Crippen LogP) is 3.43. The first-order chi connectivity index (χ1) is 13.0. The molecule has 1 aliphatic rings. The minimum Gasteiger partial charge on any atom is -0.350 e. The zero-order valence-electron chi connectivity index (χ0n) is 13.9. The van der Waals surface area contributed by atoms with Gasteiger partial charge in [0.1, 0.15) is 17.2 Å². The van der Waals surface area contributed by atoms with Gasteiger partial charge in [-0.3, -0.25) is 19.3 Å². The number of thioether (sulfide) groups is 1. The Balaban J connectivity index is 1.61. The lowest BCUT2D eigenvalue weighted by atomic mass is 10.2. The maximum Gasteiger partial charge on any atom is 0.293 e. The van der Waals surface area contributed by atoms with Crippen LogP contribution in [0.25, 0.3) is 6.08 Å². The summed E-state index contributed by atoms with van der Waals surface area (Å²) in [6.07, 6.45) is 1.61. The smallest absolute Gasteiger partial charge is 0.293 e. The van der Waals surface area contributed by atoms with Gasteiger partial charge in [0.25, 0.3) is 17.1 Å². The van der Waals surface area contributed by atoms with Crippen molar-refractivity contribution in [1.29, 1.82) is 0 Å². The van der Waals surface area contributed by atoms with Gasteiger partial charge in [-0.2, -0.15) is 0 Å². The quantitative estimate of drug-likeness (QED) is 0.797. The highest BCUT2D eigenvalue weighted by Gasteiger charge is 2.34. The molecule has 1 heterocycles. The summed E-state index contributed by atoms with van der Waals surface area (Å²) in [5.41, 5.74) is 0.0851. The molecule has 1 saturated heterocycles. The van der Waals surface area contributed by atoms with Crippen molar-refractivity contribution in [2.24, 2.45) is 0 Å². The number of hydrogen-bond acceptors (Lipinski definition) is 4. The fourth-order valence-electron chi connectivity index (χ4n) is 2.48. The van der Waals surface area contributed by atoms with E-state index in [1.807, 2.05) is 18.2 Å². The third-order valence-corrected chi connectivity index (χ3v) is 4.69. The van der Waals surface area contributed by atoms with Gasteiger partial charge in [-0.25, -0.2) is 8.78 Å². The van der Waals surface area contributed by atoms with Crippen LogP contribution in [0.3, 0.4) is 0 Å². The van der Waals surface area contributed by atoms with Crippen molar-refractivity contribution in [2.75, 3.05) is 13.1 Å². The van der Waals surface area contributed by atoms with Gasteiger partial charge in [0.2, 0.25) is 0 Å². The van der Waals surface area contributed by atoms with E-state index in [0.717, 1.165) is 40.4 Å². The lowest BCUT2D eigenvalue weighted by Crippen LogP contribution is -2.37. The Bertz CT molecular complexity index is 912. The number of nitrogens with one attached hydrogen (secondary N) is 1. The van der Waals surface area contributed by atoms with Crippen molar-refractivity contribution >= 4 is 34.9 Å². The zero-order valence-corrected chi connectivity index (χ0v) is 14.8. The number of benzene rings is 2. The van der Waals surface area contributed by atoms with Gasteiger partial charge in [0, 0.05) is 13.1 Å². The van der Waals surface area contributed by atoms with E-state index >= 15 is 0 Å². The minimum absolute atomic E-state index is 0.0986. The standard InChI is InChI=1S/C19H14F2N2O3S/c20-13-7-4-8-14(21)16(13)17(24)22-9-10-23-18(25)15(27-19(23)26)11-12-5-2-1-3-6-12/h1-8,11H,9-10H2,(H,22,24)/b15-11+. The lowest BCUT2D eigenvalue weighted by Gasteiger charge is -2.13. The second kappa shape index (κ2) is 8.13. The summed E-state index contributed by atoms with van der Waals surface area (Å²) < 4.78 is 27.2. The van der Waals surface area contributed by atoms with Crippen molar-refractivity contribution in [3.05, 3.63) is 76.2 Å². The number of rotatable bonds is 5. The van der Waals surface area contributed by atoms with Gasteiger partial charge in [0.05, 0.1) is 4.91 Å². The van der Waals surface area contributed by atoms with Crippen molar-refractivity contribution in [2.45, 2.75) is 0 Å². The summed E-state index contributed by atoms with van der Waals surface area (Å²) in [6.45, 7) is -0.220. The highest BCUT2D eigenvalue weighted by molar-refractivity contribution is 8.18. The molecule has 8 heteroatoms. The molecule has 1 aliphatic heterocycles. The Morgan fingerprint density at radius 2 is 1.70 bits per heavy atom. The summed E-state index contributed by atoms with van der Waals surface area (Å²) >= 11 is 0.803. The van der Waals surface area contributed by atoms with E-state index < -0.39 is 34.3 Å². The second-order valence-corrected chi connectivity index (χ2v) is 6.59. The topological polar surface area (TPSA) is 66.5 Å². The Hall–Kier alpha value is -3.00. The first kappa shape index (κ1) is 18.8. The van der Waals surface area contributed by atoms with Crippen LogP contribution >= 0.6 is 11.8 Å². The molecule has 0 atom stereocenters. The van der Waals surface area contributed by atoms with Crippen LogP contribution in [0.4, 0.5) is 13.6 Å². The Labute approximate surface area is 158 Å². The van der Waals surface area contributed by atoms with Gasteiger partial charge >= 0.3 is 0 Å². The lowest BCUT2D eigenvalue weighted by molar-refractivity contribution is -0.122. The summed E-state index contributed by atoms with van der Waals surface area (Å²) in [7, 11) is 0. The van der Waals surface area contributed by atoms with Crippen LogP contribution in [0, 0.1) is 11.6 Å². The number of imide groups is 1. The normalized spacial score (nSPS) is 15.5. The molecule has 2 aromatic carbocycles. The second-order valence-electron chi connectivity index (χ2n) is 5.60. The molecule has 0 aliphatic carbocycles. The third kappa shape index (κ3) is 4.22. The Morgan fingerprint density at radius 3 is 2.37 bits per heavy atom. The van der Waals surface area contributed by atoms with E-state index in [2.05, 4.69) is 5.32 Å². The minimum atomic E-state index is -0.982. The maximum atomic E-state index is 13.6. The van der Waals surface area contributed by atoms with Gasteiger partial charge in [-0.1, -0.05) is 36.4 Å². The largest absolute Gasteiger partial charge is 0.350 e. The molecule has 2 aromatic rings.